The molecule has 5 nitrogen and oxygen atoms in total. The standard InChI is InChI=1S/C21H15F2N3O2/c22-14-4-3-5-15(23)19(14)20-21(26-9-2-1-6-18(26)25-20)24-13-7-8-16-17(12-13)28-11-10-27-16/h1-9,12,24H,10-11H2. The quantitative estimate of drug-likeness (QED) is 0.556. The van der Waals surface area contributed by atoms with E-state index in [-0.39, 0.29) is 11.3 Å². The highest BCUT2D eigenvalue weighted by molar-refractivity contribution is 5.80. The van der Waals surface area contributed by atoms with E-state index in [0.29, 0.717) is 41.9 Å². The number of nitrogens with zero attached hydrogens (tertiary/aromatic N) is 2. The lowest BCUT2D eigenvalue weighted by Crippen LogP contribution is -2.15. The van der Waals surface area contributed by atoms with Gasteiger partial charge < -0.3 is 14.8 Å². The lowest BCUT2D eigenvalue weighted by Gasteiger charge is -2.19. The average molecular weight is 379 g/mol. The lowest BCUT2D eigenvalue weighted by atomic mass is 10.1. The highest BCUT2D eigenvalue weighted by Gasteiger charge is 2.21. The minimum Gasteiger partial charge on any atom is -0.486 e. The van der Waals surface area contributed by atoms with Crippen molar-refractivity contribution in [3.8, 4) is 22.8 Å². The van der Waals surface area contributed by atoms with E-state index >= 15 is 0 Å². The van der Waals surface area contributed by atoms with E-state index in [1.807, 2.05) is 18.2 Å². The zero-order valence-corrected chi connectivity index (χ0v) is 14.7. The van der Waals surface area contributed by atoms with Crippen LogP contribution in [0.25, 0.3) is 16.9 Å². The third-order valence-electron chi connectivity index (χ3n) is 4.53. The van der Waals surface area contributed by atoms with E-state index in [1.54, 1.807) is 28.8 Å². The van der Waals surface area contributed by atoms with Crippen LogP contribution in [0.3, 0.4) is 0 Å². The van der Waals surface area contributed by atoms with Gasteiger partial charge in [0.2, 0.25) is 0 Å². The van der Waals surface area contributed by atoms with Crippen molar-refractivity contribution in [1.29, 1.82) is 0 Å². The molecular weight excluding hydrogens is 364 g/mol. The number of aromatic nitrogens is 2. The van der Waals surface area contributed by atoms with Gasteiger partial charge in [0.15, 0.2) is 11.5 Å². The van der Waals surface area contributed by atoms with Crippen molar-refractivity contribution in [2.45, 2.75) is 0 Å². The molecule has 0 amide bonds. The minimum atomic E-state index is -0.673. The summed E-state index contributed by atoms with van der Waals surface area (Å²) >= 11 is 0. The molecule has 0 bridgehead atoms. The molecule has 140 valence electrons. The second-order valence-electron chi connectivity index (χ2n) is 6.32. The van der Waals surface area contributed by atoms with Crippen LogP contribution in [-0.4, -0.2) is 22.6 Å². The number of nitrogens with one attached hydrogen (secondary N) is 1. The molecule has 28 heavy (non-hydrogen) atoms. The molecule has 0 unspecified atom stereocenters. The number of imidazole rings is 1. The van der Waals surface area contributed by atoms with Crippen LogP contribution in [0.5, 0.6) is 11.5 Å². The van der Waals surface area contributed by atoms with Crippen LogP contribution in [0.2, 0.25) is 0 Å². The Balaban J connectivity index is 1.66. The summed E-state index contributed by atoms with van der Waals surface area (Å²) in [4.78, 5) is 4.45. The smallest absolute Gasteiger partial charge is 0.163 e. The summed E-state index contributed by atoms with van der Waals surface area (Å²) in [5, 5.41) is 3.23. The van der Waals surface area contributed by atoms with Gasteiger partial charge in [0.1, 0.15) is 42.0 Å². The molecule has 5 rings (SSSR count). The van der Waals surface area contributed by atoms with Crippen molar-refractivity contribution < 1.29 is 18.3 Å². The van der Waals surface area contributed by atoms with Gasteiger partial charge in [0, 0.05) is 18.0 Å². The Hall–Kier alpha value is -3.61. The van der Waals surface area contributed by atoms with Crippen molar-refractivity contribution in [1.82, 2.24) is 9.38 Å². The first-order valence-electron chi connectivity index (χ1n) is 8.79. The molecule has 0 spiro atoms. The fourth-order valence-corrected chi connectivity index (χ4v) is 3.27. The Labute approximate surface area is 159 Å². The Morgan fingerprint density at radius 2 is 1.68 bits per heavy atom. The first-order valence-corrected chi connectivity index (χ1v) is 8.79. The Bertz CT molecular complexity index is 1170. The van der Waals surface area contributed by atoms with Crippen LogP contribution in [0.4, 0.5) is 20.3 Å². The average Bonchev–Trinajstić information content (AvgIpc) is 3.06. The van der Waals surface area contributed by atoms with Gasteiger partial charge in [-0.2, -0.15) is 0 Å². The monoisotopic (exact) mass is 379 g/mol. The molecule has 1 N–H and O–H groups in total. The molecule has 4 aromatic rings. The summed E-state index contributed by atoms with van der Waals surface area (Å²) in [6.07, 6.45) is 1.78. The van der Waals surface area contributed by atoms with E-state index < -0.39 is 11.6 Å². The van der Waals surface area contributed by atoms with Crippen molar-refractivity contribution in [2.75, 3.05) is 18.5 Å². The molecule has 1 aliphatic rings. The zero-order chi connectivity index (χ0) is 19.1. The maximum atomic E-state index is 14.5. The molecule has 0 atom stereocenters. The van der Waals surface area contributed by atoms with Crippen LogP contribution >= 0.6 is 0 Å². The molecule has 2 aromatic carbocycles. The lowest BCUT2D eigenvalue weighted by molar-refractivity contribution is 0.171. The number of pyridine rings is 1. The summed E-state index contributed by atoms with van der Waals surface area (Å²) in [6.45, 7) is 0.974. The maximum absolute atomic E-state index is 14.5. The molecule has 3 heterocycles. The molecular formula is C21H15F2N3O2. The Morgan fingerprint density at radius 1 is 0.893 bits per heavy atom. The normalized spacial score (nSPS) is 12.9. The van der Waals surface area contributed by atoms with Gasteiger partial charge in [-0.05, 0) is 36.4 Å². The minimum absolute atomic E-state index is 0.175. The van der Waals surface area contributed by atoms with Gasteiger partial charge in [0.05, 0.1) is 5.56 Å². The SMILES string of the molecule is Fc1cccc(F)c1-c1nc2ccccn2c1Nc1ccc2c(c1)OCCO2. The Morgan fingerprint density at radius 3 is 2.50 bits per heavy atom. The predicted molar refractivity (Wildman–Crippen MR) is 101 cm³/mol. The molecule has 0 saturated carbocycles. The van der Waals surface area contributed by atoms with Crippen molar-refractivity contribution in [3.05, 3.63) is 72.4 Å². The van der Waals surface area contributed by atoms with Crippen LogP contribution in [0, 0.1) is 11.6 Å². The fourth-order valence-electron chi connectivity index (χ4n) is 3.27. The molecule has 0 radical (unpaired) electrons. The van der Waals surface area contributed by atoms with Crippen LogP contribution in [0.15, 0.2) is 60.8 Å². The summed E-state index contributed by atoms with van der Waals surface area (Å²) in [6, 6.07) is 14.6. The van der Waals surface area contributed by atoms with Gasteiger partial charge in [-0.25, -0.2) is 13.8 Å². The largest absolute Gasteiger partial charge is 0.486 e. The number of fused-ring (bicyclic) bond motifs is 2. The van der Waals surface area contributed by atoms with Gasteiger partial charge in [0.25, 0.3) is 0 Å². The number of hydrogen-bond acceptors (Lipinski definition) is 4. The van der Waals surface area contributed by atoms with E-state index in [2.05, 4.69) is 10.3 Å². The summed E-state index contributed by atoms with van der Waals surface area (Å²) in [7, 11) is 0. The van der Waals surface area contributed by atoms with E-state index in [1.165, 1.54) is 18.2 Å². The van der Waals surface area contributed by atoms with Gasteiger partial charge in [-0.15, -0.1) is 0 Å². The van der Waals surface area contributed by atoms with E-state index in [0.717, 1.165) is 0 Å². The van der Waals surface area contributed by atoms with Crippen LogP contribution in [-0.2, 0) is 0 Å². The number of halogens is 2. The van der Waals surface area contributed by atoms with Gasteiger partial charge >= 0.3 is 0 Å². The summed E-state index contributed by atoms with van der Waals surface area (Å²) in [5.41, 5.74) is 1.27. The van der Waals surface area contributed by atoms with Crippen LogP contribution < -0.4 is 14.8 Å². The molecule has 1 aliphatic heterocycles. The number of anilines is 2. The number of hydrogen-bond donors (Lipinski definition) is 1. The van der Waals surface area contributed by atoms with Crippen molar-refractivity contribution >= 4 is 17.2 Å². The number of ether oxygens (including phenoxy) is 2. The van der Waals surface area contributed by atoms with Crippen LogP contribution in [0.1, 0.15) is 0 Å². The van der Waals surface area contributed by atoms with Crippen molar-refractivity contribution in [2.24, 2.45) is 0 Å². The molecule has 2 aromatic heterocycles. The molecule has 0 fully saturated rings. The first kappa shape index (κ1) is 16.6. The second kappa shape index (κ2) is 6.53. The third-order valence-corrected chi connectivity index (χ3v) is 4.53. The first-order chi connectivity index (χ1) is 13.7. The number of benzene rings is 2. The molecule has 7 heteroatoms. The predicted octanol–water partition coefficient (Wildman–Crippen LogP) is 4.79. The van der Waals surface area contributed by atoms with E-state index in [4.69, 9.17) is 9.47 Å². The molecule has 0 aliphatic carbocycles. The highest BCUT2D eigenvalue weighted by Crippen LogP contribution is 2.37. The number of rotatable bonds is 3. The second-order valence-corrected chi connectivity index (χ2v) is 6.32. The topological polar surface area (TPSA) is 47.8 Å². The summed E-state index contributed by atoms with van der Waals surface area (Å²) < 4.78 is 41.8. The third kappa shape index (κ3) is 2.72. The van der Waals surface area contributed by atoms with Gasteiger partial charge in [-0.3, -0.25) is 4.40 Å². The zero-order valence-electron chi connectivity index (χ0n) is 14.7. The Kier molecular flexibility index (Phi) is 3.86. The highest BCUT2D eigenvalue weighted by atomic mass is 19.1. The van der Waals surface area contributed by atoms with Crippen molar-refractivity contribution in [3.63, 3.8) is 0 Å². The van der Waals surface area contributed by atoms with E-state index in [9.17, 15) is 8.78 Å². The molecule has 0 saturated heterocycles. The van der Waals surface area contributed by atoms with Gasteiger partial charge in [-0.1, -0.05) is 12.1 Å². The fraction of sp³-hybridized carbons (Fsp3) is 0.0952. The maximum Gasteiger partial charge on any atom is 0.163 e. The summed E-state index contributed by atoms with van der Waals surface area (Å²) in [5.74, 6) is 0.387.